The number of rotatable bonds is 8. The molecule has 0 aliphatic heterocycles. The fraction of sp³-hybridized carbons (Fsp3) is 0.200. The average molecular weight is 524 g/mol. The van der Waals surface area contributed by atoms with Crippen molar-refractivity contribution in [2.45, 2.75) is 24.8 Å². The summed E-state index contributed by atoms with van der Waals surface area (Å²) in [4.78, 5) is 24.5. The fourth-order valence-electron chi connectivity index (χ4n) is 2.88. The molecule has 2 N–H and O–H groups in total. The Balaban J connectivity index is 1.57. The second kappa shape index (κ2) is 10.3. The summed E-state index contributed by atoms with van der Waals surface area (Å²) < 4.78 is 46.3. The minimum absolute atomic E-state index is 0.0633. The van der Waals surface area contributed by atoms with Crippen molar-refractivity contribution in [2.75, 3.05) is 11.1 Å². The molecule has 182 valence electrons. The second-order valence-electron chi connectivity index (χ2n) is 6.91. The number of carbonyl (C=O) groups is 2. The Morgan fingerprint density at radius 1 is 1.14 bits per heavy atom. The van der Waals surface area contributed by atoms with E-state index >= 15 is 0 Å². The van der Waals surface area contributed by atoms with Crippen molar-refractivity contribution < 1.29 is 27.2 Å². The van der Waals surface area contributed by atoms with E-state index in [1.807, 2.05) is 0 Å². The third kappa shape index (κ3) is 6.05. The lowest BCUT2D eigenvalue weighted by Gasteiger charge is -2.13. The predicted molar refractivity (Wildman–Crippen MR) is 120 cm³/mol. The summed E-state index contributed by atoms with van der Waals surface area (Å²) in [7, 11) is 0. The number of halogens is 3. The van der Waals surface area contributed by atoms with Crippen LogP contribution in [0.3, 0.4) is 0 Å². The van der Waals surface area contributed by atoms with Crippen molar-refractivity contribution in [3.05, 3.63) is 64.8 Å². The third-order valence-electron chi connectivity index (χ3n) is 4.39. The number of thioether (sulfide) groups is 1. The van der Waals surface area contributed by atoms with E-state index in [4.69, 9.17) is 4.42 Å². The van der Waals surface area contributed by atoms with E-state index in [0.29, 0.717) is 10.1 Å². The molecule has 0 atom stereocenters. The van der Waals surface area contributed by atoms with E-state index in [1.165, 1.54) is 40.4 Å². The molecule has 35 heavy (non-hydrogen) atoms. The number of aromatic nitrogens is 5. The van der Waals surface area contributed by atoms with Gasteiger partial charge in [0.15, 0.2) is 16.7 Å². The molecule has 3 aromatic heterocycles. The van der Waals surface area contributed by atoms with E-state index in [0.717, 1.165) is 23.9 Å². The first-order valence-electron chi connectivity index (χ1n) is 9.87. The van der Waals surface area contributed by atoms with E-state index in [1.54, 1.807) is 13.0 Å². The molecule has 0 fully saturated rings. The highest BCUT2D eigenvalue weighted by Crippen LogP contribution is 2.31. The van der Waals surface area contributed by atoms with Crippen LogP contribution in [-0.4, -0.2) is 42.5 Å². The van der Waals surface area contributed by atoms with Gasteiger partial charge in [-0.25, -0.2) is 0 Å². The van der Waals surface area contributed by atoms with Crippen molar-refractivity contribution in [3.8, 4) is 5.69 Å². The van der Waals surface area contributed by atoms with Gasteiger partial charge in [0, 0.05) is 0 Å². The topological polar surface area (TPSA) is 128 Å². The first-order valence-corrected chi connectivity index (χ1v) is 11.7. The third-order valence-corrected chi connectivity index (χ3v) is 6.07. The molecule has 1 aromatic carbocycles. The van der Waals surface area contributed by atoms with Gasteiger partial charge in [0.25, 0.3) is 5.91 Å². The summed E-state index contributed by atoms with van der Waals surface area (Å²) >= 11 is 2.17. The van der Waals surface area contributed by atoms with E-state index < -0.39 is 23.6 Å². The molecule has 0 aliphatic rings. The molecule has 4 rings (SSSR count). The molecule has 0 aliphatic carbocycles. The minimum atomic E-state index is -4.56. The smallest absolute Gasteiger partial charge is 0.416 e. The van der Waals surface area contributed by atoms with E-state index in [9.17, 15) is 22.8 Å². The van der Waals surface area contributed by atoms with Crippen molar-refractivity contribution >= 4 is 40.0 Å². The predicted octanol–water partition coefficient (Wildman–Crippen LogP) is 3.70. The Hall–Kier alpha value is -3.72. The zero-order chi connectivity index (χ0) is 25.0. The van der Waals surface area contributed by atoms with Gasteiger partial charge in [-0.3, -0.25) is 19.5 Å². The quantitative estimate of drug-likeness (QED) is 0.335. The van der Waals surface area contributed by atoms with Crippen LogP contribution >= 0.6 is 23.1 Å². The molecule has 10 nitrogen and oxygen atoms in total. The number of hydrogen-bond donors (Lipinski definition) is 2. The van der Waals surface area contributed by atoms with Gasteiger partial charge in [0.2, 0.25) is 11.0 Å². The van der Waals surface area contributed by atoms with Crippen LogP contribution in [0.5, 0.6) is 0 Å². The van der Waals surface area contributed by atoms with Gasteiger partial charge in [-0.05, 0) is 37.3 Å². The normalized spacial score (nSPS) is 11.4. The fourth-order valence-corrected chi connectivity index (χ4v) is 4.25. The minimum Gasteiger partial charge on any atom is -0.459 e. The molecule has 2 amide bonds. The largest absolute Gasteiger partial charge is 0.459 e. The molecule has 0 spiro atoms. The van der Waals surface area contributed by atoms with Crippen LogP contribution < -0.4 is 10.6 Å². The first-order chi connectivity index (χ1) is 16.7. The maximum absolute atomic E-state index is 13.3. The highest BCUT2D eigenvalue weighted by Gasteiger charge is 2.31. The molecule has 0 bridgehead atoms. The van der Waals surface area contributed by atoms with Crippen LogP contribution in [-0.2, 0) is 17.5 Å². The van der Waals surface area contributed by atoms with E-state index in [-0.39, 0.29) is 34.7 Å². The van der Waals surface area contributed by atoms with Crippen molar-refractivity contribution in [3.63, 3.8) is 0 Å². The maximum atomic E-state index is 13.3. The second-order valence-corrected chi connectivity index (χ2v) is 9.03. The number of furan rings is 1. The van der Waals surface area contributed by atoms with Gasteiger partial charge in [-0.1, -0.05) is 29.2 Å². The van der Waals surface area contributed by atoms with E-state index in [2.05, 4.69) is 31.0 Å². The molecular weight excluding hydrogens is 507 g/mol. The molecule has 15 heteroatoms. The summed E-state index contributed by atoms with van der Waals surface area (Å²) in [5.74, 6) is -0.832. The molecule has 0 saturated carbocycles. The van der Waals surface area contributed by atoms with Crippen molar-refractivity contribution in [1.82, 2.24) is 30.3 Å². The lowest BCUT2D eigenvalue weighted by atomic mass is 10.2. The standard InChI is InChI=1S/C20H16F3N7O3S2/c1-11-26-28-18(35-11)25-16(31)10-34-19-29-27-15(9-24-17(32)14-6-3-7-33-14)30(19)13-5-2-4-12(8-13)20(21,22)23/h2-8H,9-10H2,1H3,(H,24,32)(H,25,28,31). The summed E-state index contributed by atoms with van der Waals surface area (Å²) in [6.45, 7) is 1.59. The van der Waals surface area contributed by atoms with Gasteiger partial charge in [0.05, 0.1) is 29.8 Å². The van der Waals surface area contributed by atoms with Crippen LogP contribution in [0.2, 0.25) is 0 Å². The van der Waals surface area contributed by atoms with Crippen LogP contribution in [0.15, 0.2) is 52.2 Å². The Bertz CT molecular complexity index is 1340. The summed E-state index contributed by atoms with van der Waals surface area (Å²) in [5, 5.41) is 22.0. The molecule has 0 radical (unpaired) electrons. The number of aryl methyl sites for hydroxylation is 1. The Labute approximate surface area is 204 Å². The number of alkyl halides is 3. The SMILES string of the molecule is Cc1nnc(NC(=O)CSc2nnc(CNC(=O)c3ccco3)n2-c2cccc(C(F)(F)F)c2)s1. The summed E-state index contributed by atoms with van der Waals surface area (Å²) in [6.07, 6.45) is -3.23. The number of nitrogens with one attached hydrogen (secondary N) is 2. The molecule has 0 unspecified atom stereocenters. The van der Waals surface area contributed by atoms with Gasteiger partial charge in [0.1, 0.15) is 5.01 Å². The van der Waals surface area contributed by atoms with Gasteiger partial charge >= 0.3 is 6.18 Å². The van der Waals surface area contributed by atoms with Crippen LogP contribution in [0, 0.1) is 6.92 Å². The number of hydrogen-bond acceptors (Lipinski definition) is 9. The Morgan fingerprint density at radius 3 is 2.66 bits per heavy atom. The Kier molecular flexibility index (Phi) is 7.16. The highest BCUT2D eigenvalue weighted by molar-refractivity contribution is 7.99. The van der Waals surface area contributed by atoms with Crippen molar-refractivity contribution in [2.24, 2.45) is 0 Å². The number of anilines is 1. The summed E-state index contributed by atoms with van der Waals surface area (Å²) in [6, 6.07) is 7.59. The number of amides is 2. The maximum Gasteiger partial charge on any atom is 0.416 e. The average Bonchev–Trinajstić information content (AvgIpc) is 3.57. The highest BCUT2D eigenvalue weighted by atomic mass is 32.2. The van der Waals surface area contributed by atoms with Crippen molar-refractivity contribution in [1.29, 1.82) is 0 Å². The number of carbonyl (C=O) groups excluding carboxylic acids is 2. The molecular formula is C20H16F3N7O3S2. The molecule has 0 saturated heterocycles. The number of nitrogens with zero attached hydrogens (tertiary/aromatic N) is 5. The lowest BCUT2D eigenvalue weighted by Crippen LogP contribution is -2.24. The van der Waals surface area contributed by atoms with Gasteiger partial charge in [-0.2, -0.15) is 13.2 Å². The van der Waals surface area contributed by atoms with Gasteiger partial charge < -0.3 is 9.73 Å². The zero-order valence-electron chi connectivity index (χ0n) is 17.9. The molecule has 3 heterocycles. The zero-order valence-corrected chi connectivity index (χ0v) is 19.5. The first kappa shape index (κ1) is 24.4. The number of benzene rings is 1. The van der Waals surface area contributed by atoms with Crippen LogP contribution in [0.25, 0.3) is 5.69 Å². The van der Waals surface area contributed by atoms with Crippen LogP contribution in [0.1, 0.15) is 27.0 Å². The molecule has 4 aromatic rings. The monoisotopic (exact) mass is 523 g/mol. The summed E-state index contributed by atoms with van der Waals surface area (Å²) in [5.41, 5.74) is -0.746. The van der Waals surface area contributed by atoms with Gasteiger partial charge in [-0.15, -0.1) is 20.4 Å². The lowest BCUT2D eigenvalue weighted by molar-refractivity contribution is -0.137. The Morgan fingerprint density at radius 2 is 1.97 bits per heavy atom. The van der Waals surface area contributed by atoms with Crippen LogP contribution in [0.4, 0.5) is 18.3 Å².